The Bertz CT molecular complexity index is 497. The molecule has 2 N–H and O–H groups in total. The Hall–Kier alpha value is -1.16. The number of unbranched alkanes of at least 4 members (excludes halogenated alkanes) is 7. The minimum absolute atomic E-state index is 0.0879. The van der Waals surface area contributed by atoms with Crippen LogP contribution in [0.5, 0.6) is 0 Å². The number of aliphatic hydroxyl groups is 1. The number of carboxylic acids is 1. The van der Waals surface area contributed by atoms with Crippen molar-refractivity contribution in [3.05, 3.63) is 12.2 Å². The van der Waals surface area contributed by atoms with Crippen LogP contribution < -0.4 is 0 Å². The van der Waals surface area contributed by atoms with Crippen LogP contribution in [0.3, 0.4) is 0 Å². The summed E-state index contributed by atoms with van der Waals surface area (Å²) in [4.78, 5) is 23.2. The second kappa shape index (κ2) is 14.8. The molecule has 4 heteroatoms. The maximum absolute atomic E-state index is 12.7. The lowest BCUT2D eigenvalue weighted by molar-refractivity contribution is -0.137. The second-order valence-corrected chi connectivity index (χ2v) is 9.26. The van der Waals surface area contributed by atoms with Crippen molar-refractivity contribution in [1.29, 1.82) is 0 Å². The van der Waals surface area contributed by atoms with Gasteiger partial charge in [-0.05, 0) is 37.0 Å². The van der Waals surface area contributed by atoms with Crippen LogP contribution in [0.2, 0.25) is 0 Å². The fraction of sp³-hybridized carbons (Fsp3) is 0.840. The number of allylic oxidation sites excluding steroid dienone is 1. The molecule has 4 atom stereocenters. The monoisotopic (exact) mass is 408 g/mol. The van der Waals surface area contributed by atoms with Crippen molar-refractivity contribution in [2.45, 2.75) is 110 Å². The summed E-state index contributed by atoms with van der Waals surface area (Å²) in [6.45, 7) is 6.59. The third kappa shape index (κ3) is 10.4. The van der Waals surface area contributed by atoms with Gasteiger partial charge in [0, 0.05) is 18.8 Å². The second-order valence-electron chi connectivity index (χ2n) is 9.26. The van der Waals surface area contributed by atoms with Gasteiger partial charge >= 0.3 is 5.97 Å². The molecule has 1 rings (SSSR count). The number of hydrogen-bond acceptors (Lipinski definition) is 3. The zero-order valence-corrected chi connectivity index (χ0v) is 18.9. The average Bonchev–Trinajstić information content (AvgIpc) is 2.98. The number of hydrogen-bond donors (Lipinski definition) is 2. The highest BCUT2D eigenvalue weighted by atomic mass is 16.4. The molecule has 29 heavy (non-hydrogen) atoms. The van der Waals surface area contributed by atoms with Crippen molar-refractivity contribution < 1.29 is 19.8 Å². The summed E-state index contributed by atoms with van der Waals surface area (Å²) in [6, 6.07) is 0. The fourth-order valence-corrected chi connectivity index (χ4v) is 4.65. The van der Waals surface area contributed by atoms with Gasteiger partial charge in [0.1, 0.15) is 5.78 Å². The minimum Gasteiger partial charge on any atom is -0.481 e. The Balaban J connectivity index is 2.49. The Labute approximate surface area is 178 Å². The Kier molecular flexibility index (Phi) is 13.2. The molecule has 0 aromatic rings. The van der Waals surface area contributed by atoms with E-state index in [2.05, 4.69) is 26.8 Å². The summed E-state index contributed by atoms with van der Waals surface area (Å²) in [7, 11) is 0. The summed E-state index contributed by atoms with van der Waals surface area (Å²) in [5.41, 5.74) is 0. The Morgan fingerprint density at radius 2 is 1.72 bits per heavy atom. The van der Waals surface area contributed by atoms with E-state index in [1.165, 1.54) is 19.3 Å². The highest BCUT2D eigenvalue weighted by molar-refractivity contribution is 5.84. The molecule has 0 aromatic carbocycles. The van der Waals surface area contributed by atoms with Crippen molar-refractivity contribution in [2.75, 3.05) is 0 Å². The van der Waals surface area contributed by atoms with Gasteiger partial charge in [-0.2, -0.15) is 0 Å². The van der Waals surface area contributed by atoms with Crippen molar-refractivity contribution in [3.63, 3.8) is 0 Å². The summed E-state index contributed by atoms with van der Waals surface area (Å²) >= 11 is 0. The number of carbonyl (C=O) groups excluding carboxylic acids is 1. The molecule has 4 nitrogen and oxygen atoms in total. The van der Waals surface area contributed by atoms with Gasteiger partial charge < -0.3 is 10.2 Å². The van der Waals surface area contributed by atoms with E-state index in [1.807, 2.05) is 6.08 Å². The summed E-state index contributed by atoms with van der Waals surface area (Å²) < 4.78 is 0. The maximum Gasteiger partial charge on any atom is 0.303 e. The van der Waals surface area contributed by atoms with Crippen LogP contribution in [0.15, 0.2) is 12.2 Å². The standard InChI is InChI=1S/C25H44O4/c1-4-5-6-10-13-20(26)16-17-21-22(24(27)18-23(21)19(2)3)14-11-8-7-9-12-15-25(28)29/h16-17,19-23,26H,4-15,18H2,1-3H3,(H,28,29)/b17-16+. The Morgan fingerprint density at radius 3 is 2.38 bits per heavy atom. The Morgan fingerprint density at radius 1 is 1.07 bits per heavy atom. The average molecular weight is 409 g/mol. The number of carbonyl (C=O) groups is 2. The molecule has 0 heterocycles. The number of rotatable bonds is 16. The molecule has 0 radical (unpaired) electrons. The molecular weight excluding hydrogens is 364 g/mol. The predicted molar refractivity (Wildman–Crippen MR) is 119 cm³/mol. The first-order chi connectivity index (χ1) is 13.9. The van der Waals surface area contributed by atoms with Crippen molar-refractivity contribution in [1.82, 2.24) is 0 Å². The third-order valence-corrected chi connectivity index (χ3v) is 6.48. The first-order valence-corrected chi connectivity index (χ1v) is 12.0. The van der Waals surface area contributed by atoms with Gasteiger partial charge in [0.05, 0.1) is 6.10 Å². The topological polar surface area (TPSA) is 74.6 Å². The fourth-order valence-electron chi connectivity index (χ4n) is 4.65. The highest BCUT2D eigenvalue weighted by Gasteiger charge is 2.41. The van der Waals surface area contributed by atoms with Crippen molar-refractivity contribution in [3.8, 4) is 0 Å². The van der Waals surface area contributed by atoms with Gasteiger partial charge in [0.2, 0.25) is 0 Å². The van der Waals surface area contributed by atoms with Crippen LogP contribution in [-0.4, -0.2) is 28.1 Å². The van der Waals surface area contributed by atoms with Gasteiger partial charge in [0.25, 0.3) is 0 Å². The molecule has 0 aliphatic heterocycles. The molecular formula is C25H44O4. The van der Waals surface area contributed by atoms with E-state index in [4.69, 9.17) is 5.11 Å². The van der Waals surface area contributed by atoms with Gasteiger partial charge in [-0.25, -0.2) is 0 Å². The SMILES string of the molecule is CCCCCCC(O)/C=C/C1C(CCCCCCCC(=O)O)C(=O)CC1C(C)C. The van der Waals surface area contributed by atoms with Gasteiger partial charge in [0.15, 0.2) is 0 Å². The van der Waals surface area contributed by atoms with Crippen LogP contribution in [0, 0.1) is 23.7 Å². The number of aliphatic hydroxyl groups excluding tert-OH is 1. The minimum atomic E-state index is -0.719. The molecule has 1 aliphatic rings. The van der Waals surface area contributed by atoms with E-state index >= 15 is 0 Å². The third-order valence-electron chi connectivity index (χ3n) is 6.48. The molecule has 0 amide bonds. The number of carboxylic acid groups (broad SMARTS) is 1. The molecule has 0 bridgehead atoms. The molecule has 0 saturated heterocycles. The summed E-state index contributed by atoms with van der Waals surface area (Å²) in [6.07, 6.45) is 15.8. The zero-order chi connectivity index (χ0) is 21.6. The van der Waals surface area contributed by atoms with Gasteiger partial charge in [-0.15, -0.1) is 0 Å². The van der Waals surface area contributed by atoms with Crippen LogP contribution in [-0.2, 0) is 9.59 Å². The smallest absolute Gasteiger partial charge is 0.303 e. The largest absolute Gasteiger partial charge is 0.481 e. The molecule has 168 valence electrons. The van der Waals surface area contributed by atoms with Gasteiger partial charge in [-0.1, -0.05) is 84.3 Å². The van der Waals surface area contributed by atoms with Gasteiger partial charge in [-0.3, -0.25) is 9.59 Å². The van der Waals surface area contributed by atoms with Crippen LogP contribution >= 0.6 is 0 Å². The van der Waals surface area contributed by atoms with Crippen molar-refractivity contribution in [2.24, 2.45) is 23.7 Å². The highest BCUT2D eigenvalue weighted by Crippen LogP contribution is 2.42. The quantitative estimate of drug-likeness (QED) is 0.237. The van der Waals surface area contributed by atoms with Crippen LogP contribution in [0.25, 0.3) is 0 Å². The maximum atomic E-state index is 12.7. The van der Waals surface area contributed by atoms with E-state index in [9.17, 15) is 14.7 Å². The van der Waals surface area contributed by atoms with Crippen LogP contribution in [0.4, 0.5) is 0 Å². The first kappa shape index (κ1) is 25.9. The molecule has 1 fully saturated rings. The summed E-state index contributed by atoms with van der Waals surface area (Å²) in [5.74, 6) is 0.859. The van der Waals surface area contributed by atoms with E-state index in [0.29, 0.717) is 24.0 Å². The van der Waals surface area contributed by atoms with E-state index < -0.39 is 12.1 Å². The molecule has 0 aromatic heterocycles. The van der Waals surface area contributed by atoms with Crippen LogP contribution in [0.1, 0.15) is 104 Å². The predicted octanol–water partition coefficient (Wildman–Crippen LogP) is 6.17. The molecule has 1 saturated carbocycles. The first-order valence-electron chi connectivity index (χ1n) is 12.0. The number of ketones is 1. The molecule has 0 spiro atoms. The lowest BCUT2D eigenvalue weighted by Gasteiger charge is -2.24. The normalized spacial score (nSPS) is 23.3. The molecule has 1 aliphatic carbocycles. The van der Waals surface area contributed by atoms with E-state index in [1.54, 1.807) is 0 Å². The van der Waals surface area contributed by atoms with E-state index in [-0.39, 0.29) is 18.3 Å². The lowest BCUT2D eigenvalue weighted by Crippen LogP contribution is -2.19. The lowest BCUT2D eigenvalue weighted by atomic mass is 9.80. The van der Waals surface area contributed by atoms with E-state index in [0.717, 1.165) is 51.4 Å². The number of Topliss-reactive ketones (excluding diaryl/α,β-unsaturated/α-hetero) is 1. The zero-order valence-electron chi connectivity index (χ0n) is 18.9. The van der Waals surface area contributed by atoms with Crippen molar-refractivity contribution >= 4 is 11.8 Å². The number of aliphatic carboxylic acids is 1. The molecule has 4 unspecified atom stereocenters. The summed E-state index contributed by atoms with van der Waals surface area (Å²) in [5, 5.41) is 19.0.